The molecule has 1 saturated heterocycles. The summed E-state index contributed by atoms with van der Waals surface area (Å²) in [6.07, 6.45) is 3.22. The topological polar surface area (TPSA) is 29.9 Å². The molecule has 78 valence electrons. The molecule has 0 aromatic carbocycles. The lowest BCUT2D eigenvalue weighted by molar-refractivity contribution is 0.270. The van der Waals surface area contributed by atoms with Gasteiger partial charge in [0, 0.05) is 11.7 Å². The molecule has 14 heavy (non-hydrogen) atoms. The summed E-state index contributed by atoms with van der Waals surface area (Å²) in [6, 6.07) is 0.637. The average molecular weight is 193 g/mol. The summed E-state index contributed by atoms with van der Waals surface area (Å²) < 4.78 is 2.35. The molecule has 1 aliphatic heterocycles. The molecule has 0 saturated carbocycles. The van der Waals surface area contributed by atoms with Gasteiger partial charge in [0.15, 0.2) is 0 Å². The fourth-order valence-corrected chi connectivity index (χ4v) is 2.26. The van der Waals surface area contributed by atoms with Crippen molar-refractivity contribution in [3.63, 3.8) is 0 Å². The summed E-state index contributed by atoms with van der Waals surface area (Å²) in [5, 5.41) is 3.43. The van der Waals surface area contributed by atoms with Crippen molar-refractivity contribution in [3.8, 4) is 0 Å². The van der Waals surface area contributed by atoms with Crippen LogP contribution >= 0.6 is 0 Å². The first kappa shape index (κ1) is 9.71. The SMILES string of the molecule is Cc1ncn(C2CCNCC2C)c1C. The van der Waals surface area contributed by atoms with Crippen molar-refractivity contribution < 1.29 is 0 Å². The van der Waals surface area contributed by atoms with Crippen LogP contribution in [0.5, 0.6) is 0 Å². The average Bonchev–Trinajstić information content (AvgIpc) is 2.49. The van der Waals surface area contributed by atoms with Crippen molar-refractivity contribution in [2.45, 2.75) is 33.2 Å². The van der Waals surface area contributed by atoms with Gasteiger partial charge in [0.25, 0.3) is 0 Å². The van der Waals surface area contributed by atoms with Crippen LogP contribution in [-0.4, -0.2) is 22.6 Å². The molecule has 2 heterocycles. The summed E-state index contributed by atoms with van der Waals surface area (Å²) in [6.45, 7) is 8.81. The summed E-state index contributed by atoms with van der Waals surface area (Å²) in [4.78, 5) is 4.37. The fraction of sp³-hybridized carbons (Fsp3) is 0.727. The Balaban J connectivity index is 2.24. The van der Waals surface area contributed by atoms with Crippen molar-refractivity contribution in [2.24, 2.45) is 5.92 Å². The van der Waals surface area contributed by atoms with Crippen LogP contribution in [-0.2, 0) is 0 Å². The molecule has 1 aromatic heterocycles. The first-order chi connectivity index (χ1) is 6.70. The molecular formula is C11H19N3. The molecule has 0 radical (unpaired) electrons. The van der Waals surface area contributed by atoms with Crippen molar-refractivity contribution in [1.82, 2.24) is 14.9 Å². The molecule has 2 rings (SSSR count). The molecule has 0 amide bonds. The van der Waals surface area contributed by atoms with E-state index in [1.165, 1.54) is 12.1 Å². The van der Waals surface area contributed by atoms with E-state index in [-0.39, 0.29) is 0 Å². The highest BCUT2D eigenvalue weighted by atomic mass is 15.1. The van der Waals surface area contributed by atoms with Gasteiger partial charge in [-0.25, -0.2) is 4.98 Å². The Kier molecular flexibility index (Phi) is 2.59. The van der Waals surface area contributed by atoms with Crippen molar-refractivity contribution in [1.29, 1.82) is 0 Å². The number of hydrogen-bond acceptors (Lipinski definition) is 2. The summed E-state index contributed by atoms with van der Waals surface area (Å²) in [5.74, 6) is 0.705. The second kappa shape index (κ2) is 3.73. The second-order valence-electron chi connectivity index (χ2n) is 4.36. The van der Waals surface area contributed by atoms with Crippen LogP contribution in [0.15, 0.2) is 6.33 Å². The van der Waals surface area contributed by atoms with E-state index in [2.05, 4.69) is 35.6 Å². The van der Waals surface area contributed by atoms with Crippen molar-refractivity contribution in [3.05, 3.63) is 17.7 Å². The number of nitrogens with one attached hydrogen (secondary N) is 1. The maximum Gasteiger partial charge on any atom is 0.0954 e. The molecule has 1 aliphatic rings. The Labute approximate surface area is 85.5 Å². The molecular weight excluding hydrogens is 174 g/mol. The Morgan fingerprint density at radius 1 is 1.50 bits per heavy atom. The summed E-state index contributed by atoms with van der Waals surface area (Å²) >= 11 is 0. The van der Waals surface area contributed by atoms with Gasteiger partial charge in [0.2, 0.25) is 0 Å². The van der Waals surface area contributed by atoms with Crippen LogP contribution in [0.2, 0.25) is 0 Å². The summed E-state index contributed by atoms with van der Waals surface area (Å²) in [5.41, 5.74) is 2.49. The fourth-order valence-electron chi connectivity index (χ4n) is 2.26. The van der Waals surface area contributed by atoms with E-state index in [9.17, 15) is 0 Å². The standard InChI is InChI=1S/C11H19N3/c1-8-6-12-5-4-11(8)14-7-13-9(2)10(14)3/h7-8,11-12H,4-6H2,1-3H3. The van der Waals surface area contributed by atoms with Gasteiger partial charge in [-0.1, -0.05) is 6.92 Å². The van der Waals surface area contributed by atoms with E-state index in [0.29, 0.717) is 12.0 Å². The second-order valence-corrected chi connectivity index (χ2v) is 4.36. The number of aromatic nitrogens is 2. The maximum absolute atomic E-state index is 4.37. The van der Waals surface area contributed by atoms with Gasteiger partial charge >= 0.3 is 0 Å². The Hall–Kier alpha value is -0.830. The van der Waals surface area contributed by atoms with Crippen LogP contribution in [0.1, 0.15) is 30.8 Å². The Bertz CT molecular complexity index is 316. The number of aryl methyl sites for hydroxylation is 1. The normalized spacial score (nSPS) is 27.9. The Morgan fingerprint density at radius 3 is 2.86 bits per heavy atom. The third-order valence-electron chi connectivity index (χ3n) is 3.38. The predicted octanol–water partition coefficient (Wildman–Crippen LogP) is 1.67. The predicted molar refractivity (Wildman–Crippen MR) is 57.4 cm³/mol. The molecule has 0 bridgehead atoms. The van der Waals surface area contributed by atoms with Gasteiger partial charge in [0.05, 0.1) is 12.0 Å². The van der Waals surface area contributed by atoms with Crippen LogP contribution in [0, 0.1) is 19.8 Å². The van der Waals surface area contributed by atoms with E-state index in [1.807, 2.05) is 6.33 Å². The molecule has 2 atom stereocenters. The molecule has 0 spiro atoms. The zero-order valence-electron chi connectivity index (χ0n) is 9.25. The van der Waals surface area contributed by atoms with Gasteiger partial charge in [-0.3, -0.25) is 0 Å². The van der Waals surface area contributed by atoms with Gasteiger partial charge in [0.1, 0.15) is 0 Å². The molecule has 1 N–H and O–H groups in total. The van der Waals surface area contributed by atoms with Crippen LogP contribution in [0.3, 0.4) is 0 Å². The molecule has 2 unspecified atom stereocenters. The monoisotopic (exact) mass is 193 g/mol. The van der Waals surface area contributed by atoms with Crippen molar-refractivity contribution in [2.75, 3.05) is 13.1 Å². The summed E-state index contributed by atoms with van der Waals surface area (Å²) in [7, 11) is 0. The quantitative estimate of drug-likeness (QED) is 0.735. The minimum absolute atomic E-state index is 0.637. The minimum Gasteiger partial charge on any atom is -0.331 e. The van der Waals surface area contributed by atoms with Gasteiger partial charge < -0.3 is 9.88 Å². The van der Waals surface area contributed by atoms with Gasteiger partial charge in [-0.15, -0.1) is 0 Å². The molecule has 0 aliphatic carbocycles. The number of rotatable bonds is 1. The maximum atomic E-state index is 4.37. The zero-order chi connectivity index (χ0) is 10.1. The molecule has 3 nitrogen and oxygen atoms in total. The molecule has 1 fully saturated rings. The lowest BCUT2D eigenvalue weighted by Gasteiger charge is -2.31. The van der Waals surface area contributed by atoms with E-state index in [4.69, 9.17) is 0 Å². The third-order valence-corrected chi connectivity index (χ3v) is 3.38. The van der Waals surface area contributed by atoms with Gasteiger partial charge in [-0.05, 0) is 39.3 Å². The van der Waals surface area contributed by atoms with E-state index < -0.39 is 0 Å². The smallest absolute Gasteiger partial charge is 0.0954 e. The lowest BCUT2D eigenvalue weighted by atomic mass is 9.95. The van der Waals surface area contributed by atoms with Crippen LogP contribution in [0.4, 0.5) is 0 Å². The highest BCUT2D eigenvalue weighted by Gasteiger charge is 2.23. The Morgan fingerprint density at radius 2 is 2.29 bits per heavy atom. The van der Waals surface area contributed by atoms with Gasteiger partial charge in [-0.2, -0.15) is 0 Å². The minimum atomic E-state index is 0.637. The highest BCUT2D eigenvalue weighted by Crippen LogP contribution is 2.26. The highest BCUT2D eigenvalue weighted by molar-refractivity contribution is 5.10. The number of piperidine rings is 1. The van der Waals surface area contributed by atoms with Crippen LogP contribution < -0.4 is 5.32 Å². The first-order valence-corrected chi connectivity index (χ1v) is 5.41. The van der Waals surface area contributed by atoms with Crippen LogP contribution in [0.25, 0.3) is 0 Å². The first-order valence-electron chi connectivity index (χ1n) is 5.41. The largest absolute Gasteiger partial charge is 0.331 e. The third kappa shape index (κ3) is 1.57. The number of imidazole rings is 1. The van der Waals surface area contributed by atoms with E-state index in [0.717, 1.165) is 18.8 Å². The lowest BCUT2D eigenvalue weighted by Crippen LogP contribution is -2.36. The number of nitrogens with zero attached hydrogens (tertiary/aromatic N) is 2. The molecule has 3 heteroatoms. The van der Waals surface area contributed by atoms with E-state index in [1.54, 1.807) is 0 Å². The van der Waals surface area contributed by atoms with E-state index >= 15 is 0 Å². The zero-order valence-corrected chi connectivity index (χ0v) is 9.25. The molecule has 1 aromatic rings. The van der Waals surface area contributed by atoms with Crippen molar-refractivity contribution >= 4 is 0 Å². The number of hydrogen-bond donors (Lipinski definition) is 1.